The third-order valence-corrected chi connectivity index (χ3v) is 3.04. The molecule has 0 saturated heterocycles. The van der Waals surface area contributed by atoms with Crippen LogP contribution < -0.4 is 0 Å². The van der Waals surface area contributed by atoms with E-state index >= 15 is 0 Å². The van der Waals surface area contributed by atoms with E-state index in [1.807, 2.05) is 19.1 Å². The molecule has 1 atom stereocenters. The van der Waals surface area contributed by atoms with Crippen molar-refractivity contribution in [3.63, 3.8) is 0 Å². The van der Waals surface area contributed by atoms with E-state index in [1.54, 1.807) is 13.0 Å². The molecule has 7 heteroatoms. The summed E-state index contributed by atoms with van der Waals surface area (Å²) in [5.41, 5.74) is 1.78. The van der Waals surface area contributed by atoms with Crippen molar-refractivity contribution >= 4 is 17.6 Å². The van der Waals surface area contributed by atoms with Gasteiger partial charge in [-0.25, -0.2) is 4.68 Å². The van der Waals surface area contributed by atoms with Crippen LogP contribution in [0.1, 0.15) is 24.9 Å². The molecule has 19 heavy (non-hydrogen) atoms. The Balaban J connectivity index is 2.41. The summed E-state index contributed by atoms with van der Waals surface area (Å²) >= 11 is 5.91. The van der Waals surface area contributed by atoms with Gasteiger partial charge >= 0.3 is 5.97 Å². The van der Waals surface area contributed by atoms with Gasteiger partial charge in [0.05, 0.1) is 12.5 Å². The van der Waals surface area contributed by atoms with Gasteiger partial charge in [-0.3, -0.25) is 4.79 Å². The molecule has 1 aromatic heterocycles. The van der Waals surface area contributed by atoms with Crippen LogP contribution in [0.5, 0.6) is 0 Å². The van der Waals surface area contributed by atoms with E-state index in [-0.39, 0.29) is 12.5 Å². The van der Waals surface area contributed by atoms with Gasteiger partial charge in [0.1, 0.15) is 0 Å². The average Bonchev–Trinajstić information content (AvgIpc) is 2.76. The number of halogens is 1. The maximum absolute atomic E-state index is 10.8. The molecule has 0 spiro atoms. The molecule has 0 fully saturated rings. The zero-order valence-corrected chi connectivity index (χ0v) is 11.3. The van der Waals surface area contributed by atoms with Crippen LogP contribution in [-0.4, -0.2) is 31.3 Å². The summed E-state index contributed by atoms with van der Waals surface area (Å²) in [5.74, 6) is -0.343. The normalized spacial score (nSPS) is 12.4. The van der Waals surface area contributed by atoms with E-state index in [0.717, 1.165) is 11.1 Å². The number of carboxylic acids is 1. The summed E-state index contributed by atoms with van der Waals surface area (Å²) in [5, 5.41) is 20.9. The SMILES string of the molecule is Cc1cc(Cl)ccc1-c1nnnn1C(C)CC(=O)O. The van der Waals surface area contributed by atoms with Crippen LogP contribution in [-0.2, 0) is 4.79 Å². The van der Waals surface area contributed by atoms with Crippen LogP contribution in [0.3, 0.4) is 0 Å². The zero-order chi connectivity index (χ0) is 14.0. The highest BCUT2D eigenvalue weighted by Gasteiger charge is 2.18. The second-order valence-corrected chi connectivity index (χ2v) is 4.79. The quantitative estimate of drug-likeness (QED) is 0.929. The summed E-state index contributed by atoms with van der Waals surface area (Å²) in [6.45, 7) is 3.67. The Morgan fingerprint density at radius 2 is 2.26 bits per heavy atom. The molecule has 0 saturated carbocycles. The smallest absolute Gasteiger partial charge is 0.305 e. The number of tetrazole rings is 1. The fourth-order valence-electron chi connectivity index (χ4n) is 1.88. The first kappa shape index (κ1) is 13.5. The number of nitrogens with zero attached hydrogens (tertiary/aromatic N) is 4. The summed E-state index contributed by atoms with van der Waals surface area (Å²) in [4.78, 5) is 10.8. The molecule has 2 aromatic rings. The van der Waals surface area contributed by atoms with Gasteiger partial charge in [0.15, 0.2) is 5.82 Å². The highest BCUT2D eigenvalue weighted by atomic mass is 35.5. The van der Waals surface area contributed by atoms with Crippen molar-refractivity contribution in [3.8, 4) is 11.4 Å². The summed E-state index contributed by atoms with van der Waals surface area (Å²) in [6.07, 6.45) is -0.0370. The van der Waals surface area contributed by atoms with E-state index in [0.29, 0.717) is 10.8 Å². The second-order valence-electron chi connectivity index (χ2n) is 4.35. The van der Waals surface area contributed by atoms with Gasteiger partial charge in [0.25, 0.3) is 0 Å². The minimum Gasteiger partial charge on any atom is -0.481 e. The van der Waals surface area contributed by atoms with Crippen LogP contribution in [0, 0.1) is 6.92 Å². The number of hydrogen-bond acceptors (Lipinski definition) is 4. The molecular formula is C12H13ClN4O2. The van der Waals surface area contributed by atoms with Crippen molar-refractivity contribution in [1.29, 1.82) is 0 Å². The fraction of sp³-hybridized carbons (Fsp3) is 0.333. The zero-order valence-electron chi connectivity index (χ0n) is 10.5. The van der Waals surface area contributed by atoms with Crippen molar-refractivity contribution in [2.45, 2.75) is 26.3 Å². The first-order valence-electron chi connectivity index (χ1n) is 5.75. The maximum atomic E-state index is 10.8. The summed E-state index contributed by atoms with van der Waals surface area (Å²) in [6, 6.07) is 5.08. The first-order chi connectivity index (χ1) is 8.99. The van der Waals surface area contributed by atoms with Gasteiger partial charge in [-0.2, -0.15) is 0 Å². The molecule has 1 heterocycles. The van der Waals surface area contributed by atoms with Crippen LogP contribution in [0.25, 0.3) is 11.4 Å². The molecule has 0 aliphatic carbocycles. The number of hydrogen-bond donors (Lipinski definition) is 1. The number of carboxylic acid groups (broad SMARTS) is 1. The molecule has 2 rings (SSSR count). The largest absolute Gasteiger partial charge is 0.481 e. The van der Waals surface area contributed by atoms with Crippen molar-refractivity contribution in [3.05, 3.63) is 28.8 Å². The number of rotatable bonds is 4. The standard InChI is InChI=1S/C12H13ClN4O2/c1-7-5-9(13)3-4-10(7)12-14-15-16-17(12)8(2)6-11(18)19/h3-5,8H,6H2,1-2H3,(H,18,19). The molecule has 1 aromatic carbocycles. The van der Waals surface area contributed by atoms with Crippen LogP contribution in [0.2, 0.25) is 5.02 Å². The summed E-state index contributed by atoms with van der Waals surface area (Å²) in [7, 11) is 0. The van der Waals surface area contributed by atoms with Gasteiger partial charge in [0.2, 0.25) is 0 Å². The van der Waals surface area contributed by atoms with Crippen molar-refractivity contribution in [2.75, 3.05) is 0 Å². The Morgan fingerprint density at radius 3 is 2.89 bits per heavy atom. The number of carbonyl (C=O) groups is 1. The molecule has 1 N–H and O–H groups in total. The average molecular weight is 281 g/mol. The monoisotopic (exact) mass is 280 g/mol. The highest BCUT2D eigenvalue weighted by molar-refractivity contribution is 6.30. The van der Waals surface area contributed by atoms with E-state index < -0.39 is 5.97 Å². The minimum absolute atomic E-state index is 0.0370. The van der Waals surface area contributed by atoms with Gasteiger partial charge in [-0.15, -0.1) is 5.10 Å². The highest BCUT2D eigenvalue weighted by Crippen LogP contribution is 2.26. The molecule has 1 unspecified atom stereocenters. The fourth-order valence-corrected chi connectivity index (χ4v) is 2.11. The Labute approximate surface area is 115 Å². The number of aryl methyl sites for hydroxylation is 1. The Bertz CT molecular complexity index is 612. The van der Waals surface area contributed by atoms with Crippen molar-refractivity contribution in [2.24, 2.45) is 0 Å². The lowest BCUT2D eigenvalue weighted by atomic mass is 10.1. The van der Waals surface area contributed by atoms with Gasteiger partial charge in [-0.05, 0) is 48.0 Å². The molecule has 0 aliphatic heterocycles. The summed E-state index contributed by atoms with van der Waals surface area (Å²) < 4.78 is 1.52. The number of aliphatic carboxylic acids is 1. The lowest BCUT2D eigenvalue weighted by Crippen LogP contribution is -2.13. The third kappa shape index (κ3) is 2.90. The van der Waals surface area contributed by atoms with E-state index in [4.69, 9.17) is 16.7 Å². The lowest BCUT2D eigenvalue weighted by Gasteiger charge is -2.12. The predicted octanol–water partition coefficient (Wildman–Crippen LogP) is 2.34. The van der Waals surface area contributed by atoms with E-state index in [1.165, 1.54) is 4.68 Å². The molecule has 0 amide bonds. The van der Waals surface area contributed by atoms with E-state index in [2.05, 4.69) is 15.5 Å². The van der Waals surface area contributed by atoms with Gasteiger partial charge in [-0.1, -0.05) is 11.6 Å². The van der Waals surface area contributed by atoms with Crippen LogP contribution in [0.4, 0.5) is 0 Å². The Kier molecular flexibility index (Phi) is 3.80. The molecule has 0 aliphatic rings. The van der Waals surface area contributed by atoms with Crippen molar-refractivity contribution < 1.29 is 9.90 Å². The molecule has 6 nitrogen and oxygen atoms in total. The first-order valence-corrected chi connectivity index (χ1v) is 6.13. The molecular weight excluding hydrogens is 268 g/mol. The van der Waals surface area contributed by atoms with Gasteiger partial charge in [0, 0.05) is 10.6 Å². The second kappa shape index (κ2) is 5.36. The Hall–Kier alpha value is -1.95. The van der Waals surface area contributed by atoms with E-state index in [9.17, 15) is 4.79 Å². The molecule has 100 valence electrons. The third-order valence-electron chi connectivity index (χ3n) is 2.81. The maximum Gasteiger partial charge on any atom is 0.305 e. The van der Waals surface area contributed by atoms with Crippen LogP contribution in [0.15, 0.2) is 18.2 Å². The van der Waals surface area contributed by atoms with Crippen molar-refractivity contribution in [1.82, 2.24) is 20.2 Å². The Morgan fingerprint density at radius 1 is 1.53 bits per heavy atom. The number of benzene rings is 1. The number of aromatic nitrogens is 4. The minimum atomic E-state index is -0.887. The lowest BCUT2D eigenvalue weighted by molar-refractivity contribution is -0.137. The predicted molar refractivity (Wildman–Crippen MR) is 70.0 cm³/mol. The molecule has 0 radical (unpaired) electrons. The topological polar surface area (TPSA) is 80.9 Å². The van der Waals surface area contributed by atoms with Crippen LogP contribution >= 0.6 is 11.6 Å². The van der Waals surface area contributed by atoms with Gasteiger partial charge < -0.3 is 5.11 Å². The molecule has 0 bridgehead atoms.